The highest BCUT2D eigenvalue weighted by molar-refractivity contribution is 6.40. The first-order chi connectivity index (χ1) is 25.5. The minimum atomic E-state index is -0.782. The van der Waals surface area contributed by atoms with Crippen molar-refractivity contribution in [2.75, 3.05) is 10.6 Å². The molecule has 0 fully saturated rings. The first kappa shape index (κ1) is 41.0. The van der Waals surface area contributed by atoms with Crippen molar-refractivity contribution in [2.45, 2.75) is 91.6 Å². The largest absolute Gasteiger partial charge is 0.480 e. The summed E-state index contributed by atoms with van der Waals surface area (Å²) in [5.74, 6) is -0.115. The maximum atomic E-state index is 13.8. The molecule has 0 aliphatic rings. The zero-order valence-corrected chi connectivity index (χ0v) is 34.5. The lowest BCUT2D eigenvalue weighted by Gasteiger charge is -2.31. The number of carbonyl (C=O) groups is 2. The molecule has 0 aliphatic carbocycles. The van der Waals surface area contributed by atoms with E-state index in [0.717, 1.165) is 18.4 Å². The molecule has 3 aromatic carbocycles. The summed E-state index contributed by atoms with van der Waals surface area (Å²) >= 11 is 26.1. The van der Waals surface area contributed by atoms with Gasteiger partial charge in [-0.15, -0.1) is 5.10 Å². The third kappa shape index (κ3) is 8.84. The van der Waals surface area contributed by atoms with E-state index in [1.807, 2.05) is 13.0 Å². The van der Waals surface area contributed by atoms with Crippen LogP contribution in [0.3, 0.4) is 0 Å². The van der Waals surface area contributed by atoms with Crippen LogP contribution < -0.4 is 20.1 Å². The SMILES string of the molecule is CCC(Oc1ccc(C(C)(C)CC)cc1C(C)(C)CC)C(=O)Nc1ccc(Cl)c(Nc2nn(-c3c(Cl)cc(Cl)cc3Cl)c(OC(C)=O)c2-n2cccn2)c1. The third-order valence-corrected chi connectivity index (χ3v) is 10.8. The number of carbonyl (C=O) groups excluding carboxylic acids is 2. The Morgan fingerprint density at radius 2 is 1.56 bits per heavy atom. The van der Waals surface area contributed by atoms with E-state index in [2.05, 4.69) is 69.4 Å². The predicted octanol–water partition coefficient (Wildman–Crippen LogP) is 11.5. The van der Waals surface area contributed by atoms with Gasteiger partial charge in [-0.2, -0.15) is 9.78 Å². The second kappa shape index (κ2) is 16.7. The number of halogens is 4. The number of hydrogen-bond acceptors (Lipinski definition) is 7. The van der Waals surface area contributed by atoms with Gasteiger partial charge in [-0.1, -0.05) is 107 Å². The first-order valence-electron chi connectivity index (χ1n) is 17.6. The van der Waals surface area contributed by atoms with E-state index in [0.29, 0.717) is 33.6 Å². The Bertz CT molecular complexity index is 2140. The van der Waals surface area contributed by atoms with Crippen molar-refractivity contribution in [1.82, 2.24) is 19.6 Å². The van der Waals surface area contributed by atoms with Gasteiger partial charge >= 0.3 is 5.97 Å². The number of nitrogens with zero attached hydrogens (tertiary/aromatic N) is 4. The van der Waals surface area contributed by atoms with Crippen LogP contribution in [-0.4, -0.2) is 37.5 Å². The Labute approximate surface area is 336 Å². The molecule has 1 atom stereocenters. The normalized spacial score (nSPS) is 12.4. The van der Waals surface area contributed by atoms with Gasteiger partial charge in [-0.3, -0.25) is 9.59 Å². The summed E-state index contributed by atoms with van der Waals surface area (Å²) in [7, 11) is 0. The molecule has 1 unspecified atom stereocenters. The molecule has 2 aromatic heterocycles. The molecule has 0 saturated heterocycles. The van der Waals surface area contributed by atoms with Crippen LogP contribution in [0.5, 0.6) is 11.6 Å². The van der Waals surface area contributed by atoms with E-state index in [9.17, 15) is 9.59 Å². The minimum absolute atomic E-state index is 0.00574. The summed E-state index contributed by atoms with van der Waals surface area (Å²) in [4.78, 5) is 26.2. The number of aromatic nitrogens is 4. The van der Waals surface area contributed by atoms with Gasteiger partial charge in [0.15, 0.2) is 17.6 Å². The zero-order valence-electron chi connectivity index (χ0n) is 31.5. The van der Waals surface area contributed by atoms with Crippen LogP contribution in [0.4, 0.5) is 17.2 Å². The van der Waals surface area contributed by atoms with E-state index in [1.165, 1.54) is 34.0 Å². The van der Waals surface area contributed by atoms with E-state index >= 15 is 0 Å². The molecule has 0 saturated carbocycles. The number of esters is 1. The fourth-order valence-corrected chi connectivity index (χ4v) is 6.85. The molecule has 1 amide bonds. The van der Waals surface area contributed by atoms with E-state index in [1.54, 1.807) is 36.7 Å². The number of nitrogens with one attached hydrogen (secondary N) is 2. The topological polar surface area (TPSA) is 112 Å². The lowest BCUT2D eigenvalue weighted by atomic mass is 9.76. The summed E-state index contributed by atoms with van der Waals surface area (Å²) in [5, 5.41) is 16.2. The Morgan fingerprint density at radius 1 is 0.870 bits per heavy atom. The number of hydrogen-bond donors (Lipinski definition) is 2. The molecule has 0 bridgehead atoms. The lowest BCUT2D eigenvalue weighted by molar-refractivity contribution is -0.132. The van der Waals surface area contributed by atoms with Gasteiger partial charge in [0.1, 0.15) is 11.4 Å². The summed E-state index contributed by atoms with van der Waals surface area (Å²) in [6.07, 6.45) is 4.74. The third-order valence-electron chi connectivity index (χ3n) is 9.66. The molecule has 10 nitrogen and oxygen atoms in total. The molecule has 5 rings (SSSR count). The summed E-state index contributed by atoms with van der Waals surface area (Å²) in [6, 6.07) is 16.0. The molecule has 2 N–H and O–H groups in total. The zero-order chi connectivity index (χ0) is 39.5. The highest BCUT2D eigenvalue weighted by atomic mass is 35.5. The quantitative estimate of drug-likeness (QED) is 0.107. The van der Waals surface area contributed by atoms with Crippen molar-refractivity contribution in [3.8, 4) is 23.0 Å². The van der Waals surface area contributed by atoms with Gasteiger partial charge in [-0.05, 0) is 78.1 Å². The fraction of sp³-hybridized carbons (Fsp3) is 0.350. The number of anilines is 3. The summed E-state index contributed by atoms with van der Waals surface area (Å²) in [5.41, 5.74) is 3.41. The Hall–Kier alpha value is -4.22. The number of rotatable bonds is 14. The molecule has 0 radical (unpaired) electrons. The number of ether oxygens (including phenoxy) is 2. The number of benzene rings is 3. The minimum Gasteiger partial charge on any atom is -0.480 e. The van der Waals surface area contributed by atoms with E-state index < -0.39 is 12.1 Å². The van der Waals surface area contributed by atoms with Crippen molar-refractivity contribution in [3.05, 3.63) is 98.2 Å². The van der Waals surface area contributed by atoms with Crippen LogP contribution in [0.2, 0.25) is 20.1 Å². The highest BCUT2D eigenvalue weighted by Gasteiger charge is 2.30. The molecule has 54 heavy (non-hydrogen) atoms. The lowest BCUT2D eigenvalue weighted by Crippen LogP contribution is -2.33. The molecular weight excluding hydrogens is 770 g/mol. The average molecular weight is 815 g/mol. The fourth-order valence-electron chi connectivity index (χ4n) is 5.70. The van der Waals surface area contributed by atoms with Crippen LogP contribution >= 0.6 is 46.4 Å². The van der Waals surface area contributed by atoms with Gasteiger partial charge < -0.3 is 20.1 Å². The van der Waals surface area contributed by atoms with Gasteiger partial charge in [0.25, 0.3) is 11.8 Å². The van der Waals surface area contributed by atoms with Crippen LogP contribution in [0, 0.1) is 0 Å². The monoisotopic (exact) mass is 812 g/mol. The first-order valence-corrected chi connectivity index (χ1v) is 19.2. The number of amides is 1. The van der Waals surface area contributed by atoms with Crippen LogP contribution in [0.1, 0.15) is 85.8 Å². The molecular formula is C40H44Cl4N6O4. The summed E-state index contributed by atoms with van der Waals surface area (Å²) < 4.78 is 14.9. The average Bonchev–Trinajstić information content (AvgIpc) is 3.76. The van der Waals surface area contributed by atoms with E-state index in [4.69, 9.17) is 61.0 Å². The molecule has 286 valence electrons. The summed E-state index contributed by atoms with van der Waals surface area (Å²) in [6.45, 7) is 16.3. The Morgan fingerprint density at radius 3 is 2.15 bits per heavy atom. The van der Waals surface area contributed by atoms with Gasteiger partial charge in [0, 0.05) is 35.6 Å². The molecule has 5 aromatic rings. The van der Waals surface area contributed by atoms with Gasteiger partial charge in [0.05, 0.1) is 20.8 Å². The van der Waals surface area contributed by atoms with E-state index in [-0.39, 0.29) is 49.9 Å². The highest BCUT2D eigenvalue weighted by Crippen LogP contribution is 2.42. The maximum absolute atomic E-state index is 13.8. The molecule has 2 heterocycles. The second-order valence-electron chi connectivity index (χ2n) is 14.2. The predicted molar refractivity (Wildman–Crippen MR) is 218 cm³/mol. The van der Waals surface area contributed by atoms with Crippen LogP contribution in [-0.2, 0) is 20.4 Å². The van der Waals surface area contributed by atoms with Gasteiger partial charge in [-0.25, -0.2) is 4.68 Å². The maximum Gasteiger partial charge on any atom is 0.309 e. The molecule has 14 heteroatoms. The van der Waals surface area contributed by atoms with Crippen molar-refractivity contribution in [1.29, 1.82) is 0 Å². The Kier molecular flexibility index (Phi) is 12.6. The molecule has 0 spiro atoms. The van der Waals surface area contributed by atoms with Crippen molar-refractivity contribution in [3.63, 3.8) is 0 Å². The second-order valence-corrected chi connectivity index (χ2v) is 15.8. The van der Waals surface area contributed by atoms with Crippen molar-refractivity contribution in [2.24, 2.45) is 0 Å². The standard InChI is InChI=1S/C40H44Cl4N6O4/c1-9-32(54-33-16-13-24(39(5,6)10-2)19-27(33)40(7,8)11-3)37(52)46-26-14-15-28(42)31(22-26)47-36-35(49-18-12-17-45-49)38(53-23(4)51)50(48-36)34-29(43)20-25(41)21-30(34)44/h12-22,32H,9-11H2,1-8H3,(H,46,52)(H,47,48). The Balaban J connectivity index is 1.49. The molecule has 0 aliphatic heterocycles. The van der Waals surface area contributed by atoms with Gasteiger partial charge in [0.2, 0.25) is 0 Å². The smallest absolute Gasteiger partial charge is 0.309 e. The van der Waals surface area contributed by atoms with Crippen LogP contribution in [0.15, 0.2) is 67.0 Å². The van der Waals surface area contributed by atoms with Crippen molar-refractivity contribution < 1.29 is 19.1 Å². The van der Waals surface area contributed by atoms with Crippen molar-refractivity contribution >= 4 is 75.5 Å². The van der Waals surface area contributed by atoms with Crippen LogP contribution in [0.25, 0.3) is 11.4 Å².